The van der Waals surface area contributed by atoms with E-state index in [-0.39, 0.29) is 28.3 Å². The van der Waals surface area contributed by atoms with Gasteiger partial charge in [-0.25, -0.2) is 4.39 Å². The van der Waals surface area contributed by atoms with Crippen LogP contribution in [-0.4, -0.2) is 17.5 Å². The summed E-state index contributed by atoms with van der Waals surface area (Å²) >= 11 is 2.95. The molecule has 7 heteroatoms. The van der Waals surface area contributed by atoms with Gasteiger partial charge in [0.1, 0.15) is 11.5 Å². The Kier molecular flexibility index (Phi) is 4.00. The SMILES string of the molecule is N#CCCN(c1cc(F)c(Br)cc1[N+](=O)[O-])C1CC1. The third-order valence-electron chi connectivity index (χ3n) is 2.98. The molecule has 0 saturated heterocycles. The first kappa shape index (κ1) is 13.7. The second-order valence-electron chi connectivity index (χ2n) is 4.34. The summed E-state index contributed by atoms with van der Waals surface area (Å²) in [6.07, 6.45) is 2.09. The number of benzene rings is 1. The predicted molar refractivity (Wildman–Crippen MR) is 71.4 cm³/mol. The van der Waals surface area contributed by atoms with Crippen LogP contribution in [0.4, 0.5) is 15.8 Å². The topological polar surface area (TPSA) is 70.2 Å². The zero-order valence-electron chi connectivity index (χ0n) is 9.97. The second-order valence-corrected chi connectivity index (χ2v) is 5.20. The normalized spacial score (nSPS) is 13.9. The molecule has 0 aromatic heterocycles. The highest BCUT2D eigenvalue weighted by atomic mass is 79.9. The van der Waals surface area contributed by atoms with E-state index in [9.17, 15) is 14.5 Å². The Morgan fingerprint density at radius 2 is 2.26 bits per heavy atom. The van der Waals surface area contributed by atoms with Crippen molar-refractivity contribution in [1.29, 1.82) is 5.26 Å². The summed E-state index contributed by atoms with van der Waals surface area (Å²) in [4.78, 5) is 12.3. The first-order valence-corrected chi connectivity index (χ1v) is 6.61. The summed E-state index contributed by atoms with van der Waals surface area (Å²) in [7, 11) is 0. The van der Waals surface area contributed by atoms with Crippen molar-refractivity contribution in [3.8, 4) is 6.07 Å². The van der Waals surface area contributed by atoms with Gasteiger partial charge in [0.25, 0.3) is 5.69 Å². The Balaban J connectivity index is 2.42. The zero-order valence-corrected chi connectivity index (χ0v) is 11.6. The number of hydrogen-bond acceptors (Lipinski definition) is 4. The smallest absolute Gasteiger partial charge is 0.293 e. The van der Waals surface area contributed by atoms with Gasteiger partial charge in [-0.15, -0.1) is 0 Å². The minimum Gasteiger partial charge on any atom is -0.362 e. The number of nitro benzene ring substituents is 1. The van der Waals surface area contributed by atoms with E-state index in [4.69, 9.17) is 5.26 Å². The minimum atomic E-state index is -0.539. The van der Waals surface area contributed by atoms with Crippen molar-refractivity contribution in [2.24, 2.45) is 0 Å². The highest BCUT2D eigenvalue weighted by molar-refractivity contribution is 9.10. The highest BCUT2D eigenvalue weighted by Crippen LogP contribution is 2.39. The molecule has 0 atom stereocenters. The monoisotopic (exact) mass is 327 g/mol. The van der Waals surface area contributed by atoms with Crippen molar-refractivity contribution in [2.45, 2.75) is 25.3 Å². The van der Waals surface area contributed by atoms with Crippen LogP contribution in [-0.2, 0) is 0 Å². The van der Waals surface area contributed by atoms with Crippen molar-refractivity contribution in [2.75, 3.05) is 11.4 Å². The van der Waals surface area contributed by atoms with Gasteiger partial charge in [0.2, 0.25) is 0 Å². The number of nitrogens with zero attached hydrogens (tertiary/aromatic N) is 3. The molecular weight excluding hydrogens is 317 g/mol. The first-order chi connectivity index (χ1) is 9.04. The van der Waals surface area contributed by atoms with Gasteiger partial charge in [0.15, 0.2) is 0 Å². The number of halogens is 2. The molecule has 0 aliphatic heterocycles. The molecule has 0 heterocycles. The van der Waals surface area contributed by atoms with Gasteiger partial charge < -0.3 is 4.90 Å². The van der Waals surface area contributed by atoms with Gasteiger partial charge in [-0.2, -0.15) is 5.26 Å². The van der Waals surface area contributed by atoms with Gasteiger partial charge in [-0.1, -0.05) is 0 Å². The second kappa shape index (κ2) is 5.53. The van der Waals surface area contributed by atoms with E-state index >= 15 is 0 Å². The van der Waals surface area contributed by atoms with Gasteiger partial charge in [-0.3, -0.25) is 10.1 Å². The molecule has 0 bridgehead atoms. The van der Waals surface area contributed by atoms with Crippen LogP contribution in [0.1, 0.15) is 19.3 Å². The lowest BCUT2D eigenvalue weighted by Crippen LogP contribution is -2.27. The van der Waals surface area contributed by atoms with Gasteiger partial charge in [0, 0.05) is 24.7 Å². The maximum atomic E-state index is 13.6. The highest BCUT2D eigenvalue weighted by Gasteiger charge is 2.33. The molecule has 2 rings (SSSR count). The predicted octanol–water partition coefficient (Wildman–Crippen LogP) is 3.38. The quantitative estimate of drug-likeness (QED) is 0.614. The van der Waals surface area contributed by atoms with Crippen LogP contribution >= 0.6 is 15.9 Å². The van der Waals surface area contributed by atoms with Crippen LogP contribution in [0, 0.1) is 27.3 Å². The fraction of sp³-hybridized carbons (Fsp3) is 0.417. The van der Waals surface area contributed by atoms with E-state index in [1.807, 2.05) is 6.07 Å². The fourth-order valence-electron chi connectivity index (χ4n) is 1.96. The summed E-state index contributed by atoms with van der Waals surface area (Å²) in [5.41, 5.74) is 0.113. The molecule has 1 saturated carbocycles. The van der Waals surface area contributed by atoms with Gasteiger partial charge >= 0.3 is 0 Å². The molecule has 1 aromatic carbocycles. The third-order valence-corrected chi connectivity index (χ3v) is 3.58. The van der Waals surface area contributed by atoms with E-state index in [1.54, 1.807) is 4.90 Å². The van der Waals surface area contributed by atoms with E-state index < -0.39 is 10.7 Å². The molecule has 1 aliphatic rings. The number of nitro groups is 1. The molecule has 1 aliphatic carbocycles. The molecule has 0 unspecified atom stereocenters. The van der Waals surface area contributed by atoms with Crippen LogP contribution < -0.4 is 4.90 Å². The van der Waals surface area contributed by atoms with Crippen LogP contribution in [0.2, 0.25) is 0 Å². The lowest BCUT2D eigenvalue weighted by Gasteiger charge is -2.23. The number of nitriles is 1. The van der Waals surface area contributed by atoms with E-state index in [0.29, 0.717) is 6.54 Å². The van der Waals surface area contributed by atoms with Crippen molar-refractivity contribution in [3.63, 3.8) is 0 Å². The molecule has 0 amide bonds. The lowest BCUT2D eigenvalue weighted by molar-refractivity contribution is -0.384. The summed E-state index contributed by atoms with van der Waals surface area (Å²) in [5.74, 6) is -0.539. The Morgan fingerprint density at radius 1 is 1.58 bits per heavy atom. The van der Waals surface area contributed by atoms with Crippen molar-refractivity contribution >= 4 is 27.3 Å². The molecule has 100 valence electrons. The maximum absolute atomic E-state index is 13.6. The average Bonchev–Trinajstić information content (AvgIpc) is 3.17. The molecule has 5 nitrogen and oxygen atoms in total. The number of rotatable bonds is 5. The summed E-state index contributed by atoms with van der Waals surface area (Å²) in [5, 5.41) is 19.7. The van der Waals surface area contributed by atoms with E-state index in [1.165, 1.54) is 6.07 Å². The lowest BCUT2D eigenvalue weighted by atomic mass is 10.2. The van der Waals surface area contributed by atoms with E-state index in [2.05, 4.69) is 15.9 Å². The summed E-state index contributed by atoms with van der Waals surface area (Å²) < 4.78 is 13.7. The Morgan fingerprint density at radius 3 is 2.79 bits per heavy atom. The summed E-state index contributed by atoms with van der Waals surface area (Å²) in [6, 6.07) is 4.52. The number of anilines is 1. The van der Waals surface area contributed by atoms with Crippen molar-refractivity contribution in [1.82, 2.24) is 0 Å². The molecule has 19 heavy (non-hydrogen) atoms. The van der Waals surface area contributed by atoms with Gasteiger partial charge in [-0.05, 0) is 28.8 Å². The zero-order chi connectivity index (χ0) is 14.0. The van der Waals surface area contributed by atoms with E-state index in [0.717, 1.165) is 18.9 Å². The molecule has 1 aromatic rings. The van der Waals surface area contributed by atoms with Crippen molar-refractivity contribution in [3.05, 3.63) is 32.5 Å². The third kappa shape index (κ3) is 3.01. The Labute approximate surface area is 117 Å². The molecule has 0 radical (unpaired) electrons. The Hall–Kier alpha value is -1.68. The molecule has 1 fully saturated rings. The minimum absolute atomic E-state index is 0.0685. The van der Waals surface area contributed by atoms with Crippen LogP contribution in [0.3, 0.4) is 0 Å². The standard InChI is InChI=1S/C12H11BrFN3O2/c13-9-6-12(17(18)19)11(7-10(9)14)16(5-1-4-15)8-2-3-8/h6-8H,1-3,5H2. The van der Waals surface area contributed by atoms with Crippen molar-refractivity contribution < 1.29 is 9.31 Å². The van der Waals surface area contributed by atoms with Crippen LogP contribution in [0.5, 0.6) is 0 Å². The first-order valence-electron chi connectivity index (χ1n) is 5.81. The number of hydrogen-bond donors (Lipinski definition) is 0. The van der Waals surface area contributed by atoms with Gasteiger partial charge in [0.05, 0.1) is 21.9 Å². The Bertz CT molecular complexity index is 555. The molecule has 0 spiro atoms. The summed E-state index contributed by atoms with van der Waals surface area (Å²) in [6.45, 7) is 0.378. The largest absolute Gasteiger partial charge is 0.362 e. The van der Waals surface area contributed by atoms with Crippen LogP contribution in [0.15, 0.2) is 16.6 Å². The average molecular weight is 328 g/mol. The fourth-order valence-corrected chi connectivity index (χ4v) is 2.29. The van der Waals surface area contributed by atoms with Crippen LogP contribution in [0.25, 0.3) is 0 Å². The molecule has 0 N–H and O–H groups in total. The molecular formula is C12H11BrFN3O2. The maximum Gasteiger partial charge on any atom is 0.293 e.